The van der Waals surface area contributed by atoms with Crippen molar-refractivity contribution >= 4 is 17.5 Å². The molecule has 0 heterocycles. The standard InChI is InChI=1S/C13H18ClNO/c1-9(2)11-5-4-10(3)12(6-11)8-15-13(16)7-14/h4-6,9H,7-8H2,1-3H3,(H,15,16). The molecule has 2 nitrogen and oxygen atoms in total. The molecular formula is C13H18ClNO. The molecule has 0 radical (unpaired) electrons. The molecule has 0 atom stereocenters. The summed E-state index contributed by atoms with van der Waals surface area (Å²) in [4.78, 5) is 11.1. The Morgan fingerprint density at radius 1 is 1.44 bits per heavy atom. The molecule has 1 aromatic carbocycles. The van der Waals surface area contributed by atoms with Crippen LogP contribution in [-0.2, 0) is 11.3 Å². The van der Waals surface area contributed by atoms with Crippen LogP contribution in [0.1, 0.15) is 36.5 Å². The summed E-state index contributed by atoms with van der Waals surface area (Å²) in [5, 5.41) is 2.78. The molecule has 88 valence electrons. The van der Waals surface area contributed by atoms with Gasteiger partial charge in [0.1, 0.15) is 5.88 Å². The molecule has 0 saturated carbocycles. The van der Waals surface area contributed by atoms with E-state index in [1.165, 1.54) is 11.1 Å². The van der Waals surface area contributed by atoms with Gasteiger partial charge < -0.3 is 5.32 Å². The number of aryl methyl sites for hydroxylation is 1. The monoisotopic (exact) mass is 239 g/mol. The predicted octanol–water partition coefficient (Wildman–Crippen LogP) is 2.97. The number of carbonyl (C=O) groups excluding carboxylic acids is 1. The number of rotatable bonds is 4. The highest BCUT2D eigenvalue weighted by molar-refractivity contribution is 6.27. The van der Waals surface area contributed by atoms with Crippen molar-refractivity contribution in [2.24, 2.45) is 0 Å². The molecule has 0 aliphatic heterocycles. The van der Waals surface area contributed by atoms with E-state index in [1.807, 2.05) is 6.92 Å². The summed E-state index contributed by atoms with van der Waals surface area (Å²) in [6, 6.07) is 6.37. The van der Waals surface area contributed by atoms with Gasteiger partial charge in [-0.25, -0.2) is 0 Å². The SMILES string of the molecule is Cc1ccc(C(C)C)cc1CNC(=O)CCl. The van der Waals surface area contributed by atoms with Crippen molar-refractivity contribution in [1.29, 1.82) is 0 Å². The van der Waals surface area contributed by atoms with E-state index in [9.17, 15) is 4.79 Å². The lowest BCUT2D eigenvalue weighted by molar-refractivity contribution is -0.118. The maximum atomic E-state index is 11.1. The first kappa shape index (κ1) is 13.0. The third-order valence-electron chi connectivity index (χ3n) is 2.64. The summed E-state index contributed by atoms with van der Waals surface area (Å²) in [7, 11) is 0. The van der Waals surface area contributed by atoms with Gasteiger partial charge in [0.15, 0.2) is 0 Å². The highest BCUT2D eigenvalue weighted by Gasteiger charge is 2.05. The zero-order chi connectivity index (χ0) is 12.1. The van der Waals surface area contributed by atoms with Gasteiger partial charge in [0, 0.05) is 6.54 Å². The van der Waals surface area contributed by atoms with Crippen molar-refractivity contribution in [3.63, 3.8) is 0 Å². The third kappa shape index (κ3) is 3.53. The Kier molecular flexibility index (Phi) is 4.81. The number of amides is 1. The van der Waals surface area contributed by atoms with Crippen LogP contribution in [0.25, 0.3) is 0 Å². The smallest absolute Gasteiger partial charge is 0.235 e. The van der Waals surface area contributed by atoms with Gasteiger partial charge in [0.05, 0.1) is 0 Å². The van der Waals surface area contributed by atoms with E-state index in [0.717, 1.165) is 5.56 Å². The first-order chi connectivity index (χ1) is 7.54. The third-order valence-corrected chi connectivity index (χ3v) is 2.88. The Bertz CT molecular complexity index is 374. The van der Waals surface area contributed by atoms with Crippen molar-refractivity contribution in [2.45, 2.75) is 33.2 Å². The second kappa shape index (κ2) is 5.90. The Hall–Kier alpha value is -1.02. The van der Waals surface area contributed by atoms with Crippen LogP contribution in [0.15, 0.2) is 18.2 Å². The normalized spacial score (nSPS) is 10.6. The van der Waals surface area contributed by atoms with Crippen LogP contribution >= 0.6 is 11.6 Å². The molecule has 0 aliphatic carbocycles. The fraction of sp³-hybridized carbons (Fsp3) is 0.462. The van der Waals surface area contributed by atoms with Crippen molar-refractivity contribution in [2.75, 3.05) is 5.88 Å². The molecule has 1 N–H and O–H groups in total. The van der Waals surface area contributed by atoms with E-state index >= 15 is 0 Å². The van der Waals surface area contributed by atoms with E-state index in [-0.39, 0.29) is 11.8 Å². The first-order valence-electron chi connectivity index (χ1n) is 5.46. The molecule has 0 saturated heterocycles. The van der Waals surface area contributed by atoms with Crippen LogP contribution in [0.2, 0.25) is 0 Å². The van der Waals surface area contributed by atoms with E-state index in [2.05, 4.69) is 37.4 Å². The maximum Gasteiger partial charge on any atom is 0.235 e. The van der Waals surface area contributed by atoms with Crippen LogP contribution in [0.3, 0.4) is 0 Å². The molecular weight excluding hydrogens is 222 g/mol. The molecule has 0 spiro atoms. The largest absolute Gasteiger partial charge is 0.351 e. The van der Waals surface area contributed by atoms with Gasteiger partial charge >= 0.3 is 0 Å². The predicted molar refractivity (Wildman–Crippen MR) is 67.8 cm³/mol. The molecule has 1 aromatic rings. The van der Waals surface area contributed by atoms with Crippen LogP contribution in [0, 0.1) is 6.92 Å². The fourth-order valence-corrected chi connectivity index (χ4v) is 1.58. The minimum absolute atomic E-state index is 0.0168. The summed E-state index contributed by atoms with van der Waals surface area (Å²) in [6.45, 7) is 6.92. The Balaban J connectivity index is 2.78. The number of hydrogen-bond donors (Lipinski definition) is 1. The van der Waals surface area contributed by atoms with Gasteiger partial charge in [-0.3, -0.25) is 4.79 Å². The first-order valence-corrected chi connectivity index (χ1v) is 6.00. The second-order valence-corrected chi connectivity index (χ2v) is 4.52. The zero-order valence-electron chi connectivity index (χ0n) is 10.0. The number of nitrogens with one attached hydrogen (secondary N) is 1. The van der Waals surface area contributed by atoms with Gasteiger partial charge in [-0.2, -0.15) is 0 Å². The van der Waals surface area contributed by atoms with Crippen molar-refractivity contribution < 1.29 is 4.79 Å². The Labute approximate surface area is 102 Å². The van der Waals surface area contributed by atoms with Gasteiger partial charge in [-0.05, 0) is 29.5 Å². The van der Waals surface area contributed by atoms with Crippen LogP contribution < -0.4 is 5.32 Å². The van der Waals surface area contributed by atoms with Crippen molar-refractivity contribution in [3.05, 3.63) is 34.9 Å². The van der Waals surface area contributed by atoms with Gasteiger partial charge in [-0.15, -0.1) is 11.6 Å². The van der Waals surface area contributed by atoms with E-state index < -0.39 is 0 Å². The second-order valence-electron chi connectivity index (χ2n) is 4.25. The molecule has 16 heavy (non-hydrogen) atoms. The minimum atomic E-state index is -0.129. The van der Waals surface area contributed by atoms with Crippen LogP contribution in [0.4, 0.5) is 0 Å². The van der Waals surface area contributed by atoms with Crippen LogP contribution in [-0.4, -0.2) is 11.8 Å². The van der Waals surface area contributed by atoms with Crippen LogP contribution in [0.5, 0.6) is 0 Å². The topological polar surface area (TPSA) is 29.1 Å². The quantitative estimate of drug-likeness (QED) is 0.805. The minimum Gasteiger partial charge on any atom is -0.351 e. The average molecular weight is 240 g/mol. The summed E-state index contributed by atoms with van der Waals surface area (Å²) in [5.41, 5.74) is 3.64. The Morgan fingerprint density at radius 2 is 2.12 bits per heavy atom. The molecule has 1 rings (SSSR count). The van der Waals surface area contributed by atoms with Crippen molar-refractivity contribution in [1.82, 2.24) is 5.32 Å². The zero-order valence-corrected chi connectivity index (χ0v) is 10.8. The number of benzene rings is 1. The molecule has 0 fully saturated rings. The Morgan fingerprint density at radius 3 is 2.69 bits per heavy atom. The number of hydrogen-bond acceptors (Lipinski definition) is 1. The van der Waals surface area contributed by atoms with E-state index in [4.69, 9.17) is 11.6 Å². The molecule has 1 amide bonds. The summed E-state index contributed by atoms with van der Waals surface area (Å²) in [5.74, 6) is 0.391. The lowest BCUT2D eigenvalue weighted by Crippen LogP contribution is -2.24. The molecule has 0 unspecified atom stereocenters. The molecule has 0 bridgehead atoms. The number of halogens is 1. The fourth-order valence-electron chi connectivity index (χ4n) is 1.48. The highest BCUT2D eigenvalue weighted by Crippen LogP contribution is 2.18. The molecule has 0 aromatic heterocycles. The lowest BCUT2D eigenvalue weighted by atomic mass is 9.98. The molecule has 3 heteroatoms. The maximum absolute atomic E-state index is 11.1. The van der Waals surface area contributed by atoms with Gasteiger partial charge in [0.25, 0.3) is 0 Å². The summed E-state index contributed by atoms with van der Waals surface area (Å²) >= 11 is 5.43. The van der Waals surface area contributed by atoms with Crippen molar-refractivity contribution in [3.8, 4) is 0 Å². The summed E-state index contributed by atoms with van der Waals surface area (Å²) in [6.07, 6.45) is 0. The number of alkyl halides is 1. The number of carbonyl (C=O) groups is 1. The van der Waals surface area contributed by atoms with E-state index in [0.29, 0.717) is 12.5 Å². The van der Waals surface area contributed by atoms with Gasteiger partial charge in [-0.1, -0.05) is 32.0 Å². The summed E-state index contributed by atoms with van der Waals surface area (Å²) < 4.78 is 0. The lowest BCUT2D eigenvalue weighted by Gasteiger charge is -2.11. The highest BCUT2D eigenvalue weighted by atomic mass is 35.5. The van der Waals surface area contributed by atoms with E-state index in [1.54, 1.807) is 0 Å². The van der Waals surface area contributed by atoms with Gasteiger partial charge in [0.2, 0.25) is 5.91 Å². The molecule has 0 aliphatic rings. The average Bonchev–Trinajstić information content (AvgIpc) is 2.27.